The molecule has 0 aromatic heterocycles. The van der Waals surface area contributed by atoms with E-state index in [0.717, 1.165) is 32.1 Å². The van der Waals surface area contributed by atoms with Gasteiger partial charge in [0.05, 0.1) is 0 Å². The van der Waals surface area contributed by atoms with Crippen LogP contribution >= 0.6 is 0 Å². The summed E-state index contributed by atoms with van der Waals surface area (Å²) in [7, 11) is 0. The maximum absolute atomic E-state index is 12.3. The Morgan fingerprint density at radius 3 is 2.40 bits per heavy atom. The van der Waals surface area contributed by atoms with Crippen LogP contribution < -0.4 is 5.32 Å². The fourth-order valence-corrected chi connectivity index (χ4v) is 3.62. The van der Waals surface area contributed by atoms with Gasteiger partial charge in [-0.25, -0.2) is 4.79 Å². The number of carbonyl (C=O) groups excluding carboxylic acids is 2. The van der Waals surface area contributed by atoms with Gasteiger partial charge in [-0.3, -0.25) is 4.79 Å². The fraction of sp³-hybridized carbons (Fsp3) is 0.895. The number of carbonyl (C=O) groups is 2. The zero-order chi connectivity index (χ0) is 18.4. The number of piperidine rings is 2. The first kappa shape index (κ1) is 20.0. The lowest BCUT2D eigenvalue weighted by molar-refractivity contribution is -0.126. The SMILES string of the molecule is C[C@@H]1CCCN(CCNC(=O)C2CCN(C(=O)OC(C)(C)C)CC2)C1. The van der Waals surface area contributed by atoms with Gasteiger partial charge in [0.1, 0.15) is 5.60 Å². The number of nitrogens with zero attached hydrogens (tertiary/aromatic N) is 2. The average molecular weight is 354 g/mol. The Morgan fingerprint density at radius 2 is 1.80 bits per heavy atom. The Bertz CT molecular complexity index is 453. The van der Waals surface area contributed by atoms with Gasteiger partial charge in [-0.15, -0.1) is 0 Å². The highest BCUT2D eigenvalue weighted by atomic mass is 16.6. The first-order chi connectivity index (χ1) is 11.7. The Morgan fingerprint density at radius 1 is 1.12 bits per heavy atom. The molecule has 0 aromatic rings. The van der Waals surface area contributed by atoms with Crippen LogP contribution in [0.3, 0.4) is 0 Å². The van der Waals surface area contributed by atoms with E-state index in [2.05, 4.69) is 17.1 Å². The first-order valence-electron chi connectivity index (χ1n) is 9.72. The van der Waals surface area contributed by atoms with Crippen LogP contribution in [0.2, 0.25) is 0 Å². The topological polar surface area (TPSA) is 61.9 Å². The predicted octanol–water partition coefficient (Wildman–Crippen LogP) is 2.48. The molecule has 2 aliphatic heterocycles. The predicted molar refractivity (Wildman–Crippen MR) is 98.4 cm³/mol. The minimum absolute atomic E-state index is 0.0129. The van der Waals surface area contributed by atoms with Gasteiger partial charge in [-0.2, -0.15) is 0 Å². The molecule has 1 N–H and O–H groups in total. The third-order valence-electron chi connectivity index (χ3n) is 4.99. The summed E-state index contributed by atoms with van der Waals surface area (Å²) in [5, 5.41) is 3.08. The van der Waals surface area contributed by atoms with E-state index in [9.17, 15) is 9.59 Å². The van der Waals surface area contributed by atoms with Crippen molar-refractivity contribution in [2.45, 2.75) is 59.0 Å². The Labute approximate surface area is 152 Å². The molecular formula is C19H35N3O3. The molecule has 2 aliphatic rings. The van der Waals surface area contributed by atoms with Crippen molar-refractivity contribution in [1.82, 2.24) is 15.1 Å². The highest BCUT2D eigenvalue weighted by molar-refractivity contribution is 5.79. The third-order valence-corrected chi connectivity index (χ3v) is 4.99. The van der Waals surface area contributed by atoms with E-state index in [1.165, 1.54) is 12.8 Å². The summed E-state index contributed by atoms with van der Waals surface area (Å²) < 4.78 is 5.39. The molecular weight excluding hydrogens is 318 g/mol. The zero-order valence-electron chi connectivity index (χ0n) is 16.3. The van der Waals surface area contributed by atoms with E-state index in [4.69, 9.17) is 4.74 Å². The van der Waals surface area contributed by atoms with Crippen molar-refractivity contribution in [1.29, 1.82) is 0 Å². The maximum atomic E-state index is 12.3. The van der Waals surface area contributed by atoms with Gasteiger partial charge in [0.2, 0.25) is 5.91 Å². The van der Waals surface area contributed by atoms with Gasteiger partial charge in [0.25, 0.3) is 0 Å². The summed E-state index contributed by atoms with van der Waals surface area (Å²) in [5.41, 5.74) is -0.475. The molecule has 2 rings (SSSR count). The van der Waals surface area contributed by atoms with E-state index in [-0.39, 0.29) is 17.9 Å². The lowest BCUT2D eigenvalue weighted by Gasteiger charge is -2.33. The van der Waals surface area contributed by atoms with Gasteiger partial charge in [0.15, 0.2) is 0 Å². The number of likely N-dealkylation sites (tertiary alicyclic amines) is 2. The van der Waals surface area contributed by atoms with Crippen molar-refractivity contribution >= 4 is 12.0 Å². The van der Waals surface area contributed by atoms with E-state index < -0.39 is 5.60 Å². The zero-order valence-corrected chi connectivity index (χ0v) is 16.3. The van der Waals surface area contributed by atoms with Gasteiger partial charge in [-0.1, -0.05) is 6.92 Å². The monoisotopic (exact) mass is 353 g/mol. The van der Waals surface area contributed by atoms with Crippen molar-refractivity contribution in [2.75, 3.05) is 39.3 Å². The summed E-state index contributed by atoms with van der Waals surface area (Å²) in [5.74, 6) is 0.912. The Hall–Kier alpha value is -1.30. The van der Waals surface area contributed by atoms with Crippen molar-refractivity contribution < 1.29 is 14.3 Å². The lowest BCUT2D eigenvalue weighted by Crippen LogP contribution is -2.46. The van der Waals surface area contributed by atoms with Gasteiger partial charge >= 0.3 is 6.09 Å². The quantitative estimate of drug-likeness (QED) is 0.843. The first-order valence-corrected chi connectivity index (χ1v) is 9.72. The molecule has 0 bridgehead atoms. The maximum Gasteiger partial charge on any atom is 0.410 e. The van der Waals surface area contributed by atoms with Crippen molar-refractivity contribution in [3.63, 3.8) is 0 Å². The summed E-state index contributed by atoms with van der Waals surface area (Å²) in [6.45, 7) is 13.0. The van der Waals surface area contributed by atoms with Crippen LogP contribution in [0, 0.1) is 11.8 Å². The minimum atomic E-state index is -0.475. The molecule has 0 unspecified atom stereocenters. The number of rotatable bonds is 4. The summed E-state index contributed by atoms with van der Waals surface area (Å²) in [6.07, 6.45) is 3.74. The van der Waals surface area contributed by atoms with Crippen molar-refractivity contribution in [2.24, 2.45) is 11.8 Å². The number of hydrogen-bond acceptors (Lipinski definition) is 4. The van der Waals surface area contributed by atoms with E-state index in [0.29, 0.717) is 25.9 Å². The Kier molecular flexibility index (Phi) is 7.11. The van der Waals surface area contributed by atoms with Crippen LogP contribution in [0.25, 0.3) is 0 Å². The Balaban J connectivity index is 1.64. The molecule has 0 saturated carbocycles. The molecule has 25 heavy (non-hydrogen) atoms. The van der Waals surface area contributed by atoms with E-state index in [1.54, 1.807) is 4.90 Å². The molecule has 2 heterocycles. The largest absolute Gasteiger partial charge is 0.444 e. The van der Waals surface area contributed by atoms with Crippen molar-refractivity contribution in [3.05, 3.63) is 0 Å². The number of hydrogen-bond donors (Lipinski definition) is 1. The molecule has 0 aliphatic carbocycles. The minimum Gasteiger partial charge on any atom is -0.444 e. The van der Waals surface area contributed by atoms with Crippen LogP contribution in [0.1, 0.15) is 53.4 Å². The summed E-state index contributed by atoms with van der Waals surface area (Å²) >= 11 is 0. The van der Waals surface area contributed by atoms with E-state index >= 15 is 0 Å². The normalized spacial score (nSPS) is 23.4. The molecule has 2 saturated heterocycles. The van der Waals surface area contributed by atoms with E-state index in [1.807, 2.05) is 20.8 Å². The molecule has 0 spiro atoms. The second-order valence-electron chi connectivity index (χ2n) is 8.58. The number of ether oxygens (including phenoxy) is 1. The third kappa shape index (κ3) is 6.84. The molecule has 6 nitrogen and oxygen atoms in total. The smallest absolute Gasteiger partial charge is 0.410 e. The average Bonchev–Trinajstić information content (AvgIpc) is 2.53. The van der Waals surface area contributed by atoms with Gasteiger partial charge in [0, 0.05) is 38.6 Å². The van der Waals surface area contributed by atoms with Crippen LogP contribution in [-0.4, -0.2) is 66.7 Å². The van der Waals surface area contributed by atoms with Crippen LogP contribution in [0.15, 0.2) is 0 Å². The standard InChI is InChI=1S/C19H35N3O3/c1-15-6-5-10-21(14-15)13-9-20-17(23)16-7-11-22(12-8-16)18(24)25-19(2,3)4/h15-16H,5-14H2,1-4H3,(H,20,23)/t15-/m1/s1. The highest BCUT2D eigenvalue weighted by Crippen LogP contribution is 2.20. The fourth-order valence-electron chi connectivity index (χ4n) is 3.62. The number of nitrogens with one attached hydrogen (secondary N) is 1. The molecule has 144 valence electrons. The molecule has 0 radical (unpaired) electrons. The molecule has 1 atom stereocenters. The molecule has 2 fully saturated rings. The summed E-state index contributed by atoms with van der Waals surface area (Å²) in [4.78, 5) is 28.6. The second-order valence-corrected chi connectivity index (χ2v) is 8.58. The van der Waals surface area contributed by atoms with Crippen LogP contribution in [-0.2, 0) is 9.53 Å². The van der Waals surface area contributed by atoms with Crippen LogP contribution in [0.5, 0.6) is 0 Å². The highest BCUT2D eigenvalue weighted by Gasteiger charge is 2.29. The van der Waals surface area contributed by atoms with Crippen molar-refractivity contribution in [3.8, 4) is 0 Å². The van der Waals surface area contributed by atoms with Gasteiger partial charge in [-0.05, 0) is 58.9 Å². The molecule has 2 amide bonds. The summed E-state index contributed by atoms with van der Waals surface area (Å²) in [6, 6.07) is 0. The van der Waals surface area contributed by atoms with Crippen LogP contribution in [0.4, 0.5) is 4.79 Å². The second kappa shape index (κ2) is 8.88. The number of amides is 2. The molecule has 0 aromatic carbocycles. The lowest BCUT2D eigenvalue weighted by atomic mass is 9.96. The molecule has 6 heteroatoms. The van der Waals surface area contributed by atoms with Gasteiger partial charge < -0.3 is 19.9 Å².